The number of hydrogen-bond acceptors (Lipinski definition) is 7. The number of nitrogens with one attached hydrogen (secondary N) is 1. The molecule has 9 nitrogen and oxygen atoms in total. The van der Waals surface area contributed by atoms with Crippen molar-refractivity contribution in [2.24, 2.45) is 0 Å². The monoisotopic (exact) mass is 433 g/mol. The number of hydrogen-bond donors (Lipinski definition) is 2. The SMILES string of the molecule is COc1ccc(C(=O)Nc2ccc(-c3nc4cc(C)c(C)cc4o3)c(O)c2)cc1[N+](=O)[O-]. The van der Waals surface area contributed by atoms with E-state index in [1.165, 1.54) is 25.3 Å². The Kier molecular flexibility index (Phi) is 5.23. The van der Waals surface area contributed by atoms with Crippen LogP contribution in [-0.4, -0.2) is 28.0 Å². The minimum atomic E-state index is -0.625. The second kappa shape index (κ2) is 8.03. The van der Waals surface area contributed by atoms with E-state index in [0.717, 1.165) is 17.2 Å². The van der Waals surface area contributed by atoms with Gasteiger partial charge >= 0.3 is 5.69 Å². The van der Waals surface area contributed by atoms with Crippen LogP contribution in [0.5, 0.6) is 11.5 Å². The van der Waals surface area contributed by atoms with E-state index >= 15 is 0 Å². The van der Waals surface area contributed by atoms with E-state index in [2.05, 4.69) is 10.3 Å². The Bertz CT molecular complexity index is 1340. The van der Waals surface area contributed by atoms with Crippen molar-refractivity contribution in [1.82, 2.24) is 4.98 Å². The van der Waals surface area contributed by atoms with Crippen molar-refractivity contribution in [1.29, 1.82) is 0 Å². The van der Waals surface area contributed by atoms with Gasteiger partial charge in [0.2, 0.25) is 5.89 Å². The van der Waals surface area contributed by atoms with E-state index in [-0.39, 0.29) is 28.6 Å². The van der Waals surface area contributed by atoms with Gasteiger partial charge in [0.25, 0.3) is 5.91 Å². The van der Waals surface area contributed by atoms with Gasteiger partial charge < -0.3 is 19.6 Å². The lowest BCUT2D eigenvalue weighted by atomic mass is 10.1. The lowest BCUT2D eigenvalue weighted by molar-refractivity contribution is -0.385. The molecule has 0 aliphatic heterocycles. The molecule has 1 aromatic heterocycles. The lowest BCUT2D eigenvalue weighted by Gasteiger charge is -2.08. The molecule has 0 saturated heterocycles. The number of benzene rings is 3. The molecule has 0 spiro atoms. The highest BCUT2D eigenvalue weighted by Gasteiger charge is 2.19. The first-order valence-corrected chi connectivity index (χ1v) is 9.62. The normalized spacial score (nSPS) is 10.8. The second-order valence-corrected chi connectivity index (χ2v) is 7.25. The van der Waals surface area contributed by atoms with E-state index in [4.69, 9.17) is 9.15 Å². The van der Waals surface area contributed by atoms with Crippen LogP contribution in [0.15, 0.2) is 52.9 Å². The van der Waals surface area contributed by atoms with Crippen molar-refractivity contribution in [2.75, 3.05) is 12.4 Å². The number of carbonyl (C=O) groups is 1. The van der Waals surface area contributed by atoms with E-state index in [1.807, 2.05) is 26.0 Å². The Balaban J connectivity index is 1.59. The quantitative estimate of drug-likeness (QED) is 0.335. The van der Waals surface area contributed by atoms with Crippen LogP contribution in [0.25, 0.3) is 22.6 Å². The number of rotatable bonds is 5. The number of nitro groups is 1. The molecular formula is C23H19N3O6. The van der Waals surface area contributed by atoms with Gasteiger partial charge in [-0.3, -0.25) is 14.9 Å². The standard InChI is InChI=1S/C23H19N3O6/c1-12-8-17-21(9-13(12)2)32-23(25-17)16-6-5-15(11-19(16)27)24-22(28)14-4-7-20(31-3)18(10-14)26(29)30/h4-11,27H,1-3H3,(H,24,28). The summed E-state index contributed by atoms with van der Waals surface area (Å²) in [7, 11) is 1.31. The number of methoxy groups -OCH3 is 1. The first-order valence-electron chi connectivity index (χ1n) is 9.62. The van der Waals surface area contributed by atoms with Crippen LogP contribution in [0.2, 0.25) is 0 Å². The van der Waals surface area contributed by atoms with Gasteiger partial charge in [0.1, 0.15) is 11.3 Å². The van der Waals surface area contributed by atoms with Gasteiger partial charge in [-0.25, -0.2) is 4.98 Å². The first-order chi connectivity index (χ1) is 15.3. The zero-order chi connectivity index (χ0) is 23.0. The minimum absolute atomic E-state index is 0.0530. The van der Waals surface area contributed by atoms with E-state index in [9.17, 15) is 20.0 Å². The topological polar surface area (TPSA) is 128 Å². The van der Waals surface area contributed by atoms with Crippen molar-refractivity contribution in [2.45, 2.75) is 13.8 Å². The Labute approximate surface area is 182 Å². The van der Waals surface area contributed by atoms with Gasteiger partial charge in [0, 0.05) is 23.4 Å². The van der Waals surface area contributed by atoms with Crippen LogP contribution in [0.1, 0.15) is 21.5 Å². The molecular weight excluding hydrogens is 414 g/mol. The number of aromatic hydroxyl groups is 1. The fourth-order valence-corrected chi connectivity index (χ4v) is 3.26. The van der Waals surface area contributed by atoms with Crippen LogP contribution < -0.4 is 10.1 Å². The summed E-state index contributed by atoms with van der Waals surface area (Å²) in [5.41, 5.74) is 3.87. The molecule has 0 saturated carbocycles. The van der Waals surface area contributed by atoms with E-state index < -0.39 is 10.8 Å². The van der Waals surface area contributed by atoms with Gasteiger partial charge in [-0.2, -0.15) is 0 Å². The predicted molar refractivity (Wildman–Crippen MR) is 118 cm³/mol. The summed E-state index contributed by atoms with van der Waals surface area (Å²) in [6.07, 6.45) is 0. The fourth-order valence-electron chi connectivity index (χ4n) is 3.26. The zero-order valence-corrected chi connectivity index (χ0v) is 17.5. The average Bonchev–Trinajstić information content (AvgIpc) is 3.15. The molecule has 0 radical (unpaired) electrons. The van der Waals surface area contributed by atoms with Gasteiger partial charge in [0.15, 0.2) is 11.3 Å². The van der Waals surface area contributed by atoms with Crippen LogP contribution in [0.4, 0.5) is 11.4 Å². The number of aryl methyl sites for hydroxylation is 2. The summed E-state index contributed by atoms with van der Waals surface area (Å²) in [6, 6.07) is 12.2. The average molecular weight is 433 g/mol. The minimum Gasteiger partial charge on any atom is -0.507 e. The maximum atomic E-state index is 12.5. The second-order valence-electron chi connectivity index (χ2n) is 7.25. The Morgan fingerprint density at radius 2 is 1.88 bits per heavy atom. The molecule has 9 heteroatoms. The summed E-state index contributed by atoms with van der Waals surface area (Å²) < 4.78 is 10.7. The highest BCUT2D eigenvalue weighted by Crippen LogP contribution is 2.34. The van der Waals surface area contributed by atoms with Gasteiger partial charge in [-0.15, -0.1) is 0 Å². The molecule has 4 aromatic rings. The predicted octanol–water partition coefficient (Wildman–Crippen LogP) is 4.99. The molecule has 0 aliphatic carbocycles. The zero-order valence-electron chi connectivity index (χ0n) is 17.5. The Morgan fingerprint density at radius 1 is 1.12 bits per heavy atom. The molecule has 3 aromatic carbocycles. The number of fused-ring (bicyclic) bond motifs is 1. The maximum Gasteiger partial charge on any atom is 0.311 e. The number of oxazole rings is 1. The Hall–Kier alpha value is -4.40. The molecule has 162 valence electrons. The lowest BCUT2D eigenvalue weighted by Crippen LogP contribution is -2.12. The van der Waals surface area contributed by atoms with Gasteiger partial charge in [-0.05, 0) is 61.4 Å². The van der Waals surface area contributed by atoms with E-state index in [1.54, 1.807) is 12.1 Å². The highest BCUT2D eigenvalue weighted by atomic mass is 16.6. The fraction of sp³-hybridized carbons (Fsp3) is 0.130. The molecule has 1 heterocycles. The van der Waals surface area contributed by atoms with Gasteiger partial charge in [-0.1, -0.05) is 0 Å². The maximum absolute atomic E-state index is 12.5. The molecule has 0 aliphatic rings. The van der Waals surface area contributed by atoms with Crippen LogP contribution >= 0.6 is 0 Å². The number of aromatic nitrogens is 1. The molecule has 1 amide bonds. The first kappa shape index (κ1) is 20.9. The third-order valence-corrected chi connectivity index (χ3v) is 5.13. The van der Waals surface area contributed by atoms with Crippen molar-refractivity contribution in [3.63, 3.8) is 0 Å². The number of nitro benzene ring substituents is 1. The number of carbonyl (C=O) groups excluding carboxylic acids is 1. The van der Waals surface area contributed by atoms with Crippen LogP contribution in [-0.2, 0) is 0 Å². The summed E-state index contributed by atoms with van der Waals surface area (Å²) in [4.78, 5) is 27.5. The van der Waals surface area contributed by atoms with E-state index in [0.29, 0.717) is 22.4 Å². The summed E-state index contributed by atoms with van der Waals surface area (Å²) in [5.74, 6) is -0.400. The third kappa shape index (κ3) is 3.83. The highest BCUT2D eigenvalue weighted by molar-refractivity contribution is 6.05. The molecule has 0 atom stereocenters. The molecule has 2 N–H and O–H groups in total. The van der Waals surface area contributed by atoms with Crippen molar-refractivity contribution in [3.05, 3.63) is 75.3 Å². The summed E-state index contributed by atoms with van der Waals surface area (Å²) >= 11 is 0. The summed E-state index contributed by atoms with van der Waals surface area (Å²) in [6.45, 7) is 3.96. The number of phenols is 1. The Morgan fingerprint density at radius 3 is 2.56 bits per heavy atom. The van der Waals surface area contributed by atoms with Crippen LogP contribution in [0, 0.1) is 24.0 Å². The number of nitrogens with zero attached hydrogens (tertiary/aromatic N) is 2. The molecule has 32 heavy (non-hydrogen) atoms. The molecule has 4 rings (SSSR count). The largest absolute Gasteiger partial charge is 0.507 e. The number of anilines is 1. The molecule has 0 fully saturated rings. The third-order valence-electron chi connectivity index (χ3n) is 5.13. The number of ether oxygens (including phenoxy) is 1. The number of amides is 1. The van der Waals surface area contributed by atoms with Crippen LogP contribution in [0.3, 0.4) is 0 Å². The molecule has 0 unspecified atom stereocenters. The summed E-state index contributed by atoms with van der Waals surface area (Å²) in [5, 5.41) is 24.3. The van der Waals surface area contributed by atoms with Gasteiger partial charge in [0.05, 0.1) is 17.6 Å². The number of phenolic OH excluding ortho intramolecular Hbond substituents is 1. The smallest absolute Gasteiger partial charge is 0.311 e. The van der Waals surface area contributed by atoms with Crippen molar-refractivity contribution < 1.29 is 24.0 Å². The van der Waals surface area contributed by atoms with Crippen molar-refractivity contribution >= 4 is 28.4 Å². The van der Waals surface area contributed by atoms with Crippen molar-refractivity contribution in [3.8, 4) is 23.0 Å². The molecule has 0 bridgehead atoms.